The molecule has 0 amide bonds. The molecule has 0 saturated carbocycles. The van der Waals surface area contributed by atoms with Crippen molar-refractivity contribution in [1.29, 1.82) is 0 Å². The first-order valence-corrected chi connectivity index (χ1v) is 12.0. The molecule has 2 aliphatic rings. The molecule has 4 aromatic heterocycles. The van der Waals surface area contributed by atoms with Gasteiger partial charge in [-0.05, 0) is 87.0 Å². The first-order valence-electron chi connectivity index (χ1n) is 12.0. The third kappa shape index (κ3) is 2.15. The van der Waals surface area contributed by atoms with E-state index in [4.69, 9.17) is 4.98 Å². The highest BCUT2D eigenvalue weighted by molar-refractivity contribution is 6.13. The number of hydrogen-bond acceptors (Lipinski definition) is 3. The van der Waals surface area contributed by atoms with Gasteiger partial charge in [0.15, 0.2) is 0 Å². The largest absolute Gasteiger partial charge is 0.292 e. The van der Waals surface area contributed by atoms with Crippen LogP contribution in [0.5, 0.6) is 0 Å². The molecule has 0 saturated heterocycles. The van der Waals surface area contributed by atoms with Crippen LogP contribution in [0.15, 0.2) is 85.5 Å². The standard InChI is InChI=1S/C31H18N4/c1-2-4-20-17(3-1)12-24-21(20)6-5-18-11-19-13-29-27(14-23(19)30(18)24)34-31-26-16-32-9-7-22(26)25-15-33-10-8-28(25)35(29)31/h1-10,13-16H,11-12H2. The smallest absolute Gasteiger partial charge is 0.147 e. The highest BCUT2D eigenvalue weighted by Crippen LogP contribution is 2.48. The molecule has 0 N–H and O–H groups in total. The maximum absolute atomic E-state index is 5.18. The number of benzene rings is 3. The molecule has 0 radical (unpaired) electrons. The van der Waals surface area contributed by atoms with E-state index in [9.17, 15) is 0 Å². The minimum atomic E-state index is 0.955. The predicted molar refractivity (Wildman–Crippen MR) is 140 cm³/mol. The molecule has 4 heteroatoms. The molecule has 3 aromatic carbocycles. The molecule has 2 aliphatic carbocycles. The lowest BCUT2D eigenvalue weighted by Gasteiger charge is -2.09. The second kappa shape index (κ2) is 6.10. The Morgan fingerprint density at radius 3 is 2.49 bits per heavy atom. The minimum absolute atomic E-state index is 0.955. The van der Waals surface area contributed by atoms with E-state index >= 15 is 0 Å². The lowest BCUT2D eigenvalue weighted by Crippen LogP contribution is -1.93. The summed E-state index contributed by atoms with van der Waals surface area (Å²) >= 11 is 0. The number of aromatic nitrogens is 4. The van der Waals surface area contributed by atoms with Gasteiger partial charge in [0.25, 0.3) is 0 Å². The van der Waals surface area contributed by atoms with E-state index in [1.165, 1.54) is 44.5 Å². The summed E-state index contributed by atoms with van der Waals surface area (Å²) < 4.78 is 2.29. The number of fused-ring (bicyclic) bond motifs is 15. The highest BCUT2D eigenvalue weighted by atomic mass is 15.0. The zero-order valence-electron chi connectivity index (χ0n) is 18.8. The summed E-state index contributed by atoms with van der Waals surface area (Å²) in [6.45, 7) is 0. The van der Waals surface area contributed by atoms with Gasteiger partial charge in [-0.25, -0.2) is 4.98 Å². The Morgan fingerprint density at radius 1 is 0.629 bits per heavy atom. The number of rotatable bonds is 0. The van der Waals surface area contributed by atoms with Crippen LogP contribution >= 0.6 is 0 Å². The van der Waals surface area contributed by atoms with E-state index in [0.29, 0.717) is 0 Å². The van der Waals surface area contributed by atoms with Crippen molar-refractivity contribution in [2.45, 2.75) is 12.8 Å². The third-order valence-electron chi connectivity index (χ3n) is 7.99. The SMILES string of the molecule is c1ccc2c(c1)Cc1c-2ccc2c1-c1cc3nc4c5cnccc5c5cnccc5n4c3cc1C2. The van der Waals surface area contributed by atoms with Gasteiger partial charge < -0.3 is 0 Å². The quantitative estimate of drug-likeness (QED) is 0.243. The van der Waals surface area contributed by atoms with Gasteiger partial charge in [-0.3, -0.25) is 14.4 Å². The molecular formula is C31H18N4. The average Bonchev–Trinajstić information content (AvgIpc) is 3.58. The van der Waals surface area contributed by atoms with Crippen LogP contribution in [0.1, 0.15) is 22.3 Å². The molecule has 0 spiro atoms. The number of imidazole rings is 1. The Labute approximate surface area is 200 Å². The maximum atomic E-state index is 5.18. The number of hydrogen-bond donors (Lipinski definition) is 0. The second-order valence-corrected chi connectivity index (χ2v) is 9.72. The molecule has 4 heterocycles. The molecule has 162 valence electrons. The average molecular weight is 447 g/mol. The van der Waals surface area contributed by atoms with Crippen LogP contribution in [-0.4, -0.2) is 19.4 Å². The Hall–Kier alpha value is -4.57. The van der Waals surface area contributed by atoms with Crippen LogP contribution in [0.4, 0.5) is 0 Å². The van der Waals surface area contributed by atoms with Crippen LogP contribution in [0.25, 0.3) is 60.6 Å². The fraction of sp³-hybridized carbons (Fsp3) is 0.0645. The van der Waals surface area contributed by atoms with Crippen molar-refractivity contribution in [2.24, 2.45) is 0 Å². The van der Waals surface area contributed by atoms with Gasteiger partial charge in [-0.1, -0.05) is 36.4 Å². The normalized spacial score (nSPS) is 13.5. The van der Waals surface area contributed by atoms with Crippen molar-refractivity contribution in [2.75, 3.05) is 0 Å². The van der Waals surface area contributed by atoms with E-state index in [2.05, 4.69) is 75.0 Å². The molecule has 4 nitrogen and oxygen atoms in total. The molecular weight excluding hydrogens is 428 g/mol. The summed E-state index contributed by atoms with van der Waals surface area (Å²) in [6.07, 6.45) is 9.56. The van der Waals surface area contributed by atoms with Gasteiger partial charge >= 0.3 is 0 Å². The van der Waals surface area contributed by atoms with Crippen molar-refractivity contribution < 1.29 is 0 Å². The lowest BCUT2D eigenvalue weighted by atomic mass is 9.95. The number of nitrogens with zero attached hydrogens (tertiary/aromatic N) is 4. The van der Waals surface area contributed by atoms with E-state index < -0.39 is 0 Å². The predicted octanol–water partition coefficient (Wildman–Crippen LogP) is 6.73. The van der Waals surface area contributed by atoms with Gasteiger partial charge in [-0.15, -0.1) is 0 Å². The Balaban J connectivity index is 1.38. The first kappa shape index (κ1) is 17.8. The summed E-state index contributed by atoms with van der Waals surface area (Å²) in [4.78, 5) is 14.0. The first-order chi connectivity index (χ1) is 17.3. The highest BCUT2D eigenvalue weighted by Gasteiger charge is 2.29. The molecule has 0 bridgehead atoms. The maximum Gasteiger partial charge on any atom is 0.147 e. The van der Waals surface area contributed by atoms with Crippen molar-refractivity contribution in [3.05, 3.63) is 108 Å². The Morgan fingerprint density at radius 2 is 1.51 bits per heavy atom. The zero-order chi connectivity index (χ0) is 22.7. The molecule has 0 unspecified atom stereocenters. The van der Waals surface area contributed by atoms with Gasteiger partial charge in [0.05, 0.1) is 16.6 Å². The van der Waals surface area contributed by atoms with E-state index in [1.807, 2.05) is 24.8 Å². The van der Waals surface area contributed by atoms with Crippen LogP contribution < -0.4 is 0 Å². The summed E-state index contributed by atoms with van der Waals surface area (Å²) in [6, 6.07) is 22.3. The Bertz CT molecular complexity index is 2070. The minimum Gasteiger partial charge on any atom is -0.292 e. The van der Waals surface area contributed by atoms with Crippen molar-refractivity contribution in [1.82, 2.24) is 19.4 Å². The van der Waals surface area contributed by atoms with Crippen molar-refractivity contribution >= 4 is 38.4 Å². The fourth-order valence-corrected chi connectivity index (χ4v) is 6.52. The van der Waals surface area contributed by atoms with Gasteiger partial charge in [0.2, 0.25) is 0 Å². The van der Waals surface area contributed by atoms with Crippen molar-refractivity contribution in [3.63, 3.8) is 0 Å². The van der Waals surface area contributed by atoms with E-state index in [0.717, 1.165) is 51.2 Å². The summed E-state index contributed by atoms with van der Waals surface area (Å²) in [5.41, 5.74) is 15.5. The molecule has 0 atom stereocenters. The van der Waals surface area contributed by atoms with Gasteiger partial charge in [0.1, 0.15) is 5.65 Å². The lowest BCUT2D eigenvalue weighted by molar-refractivity contribution is 1.23. The molecule has 7 aromatic rings. The summed E-state index contributed by atoms with van der Waals surface area (Å²) in [5, 5.41) is 3.32. The fourth-order valence-electron chi connectivity index (χ4n) is 6.52. The molecule has 35 heavy (non-hydrogen) atoms. The van der Waals surface area contributed by atoms with Gasteiger partial charge in [0, 0.05) is 35.6 Å². The molecule has 0 aliphatic heterocycles. The van der Waals surface area contributed by atoms with E-state index in [1.54, 1.807) is 0 Å². The van der Waals surface area contributed by atoms with Crippen LogP contribution in [0, 0.1) is 0 Å². The van der Waals surface area contributed by atoms with Crippen LogP contribution in [0.3, 0.4) is 0 Å². The summed E-state index contributed by atoms with van der Waals surface area (Å²) in [7, 11) is 0. The molecule has 9 rings (SSSR count). The van der Waals surface area contributed by atoms with E-state index in [-0.39, 0.29) is 0 Å². The zero-order valence-corrected chi connectivity index (χ0v) is 18.8. The summed E-state index contributed by atoms with van der Waals surface area (Å²) in [5.74, 6) is 0. The topological polar surface area (TPSA) is 43.1 Å². The Kier molecular flexibility index (Phi) is 3.11. The van der Waals surface area contributed by atoms with Crippen LogP contribution in [-0.2, 0) is 12.8 Å². The van der Waals surface area contributed by atoms with Gasteiger partial charge in [-0.2, -0.15) is 0 Å². The van der Waals surface area contributed by atoms with Crippen molar-refractivity contribution in [3.8, 4) is 22.3 Å². The monoisotopic (exact) mass is 446 g/mol. The molecule has 0 fully saturated rings. The number of pyridine rings is 3. The third-order valence-corrected chi connectivity index (χ3v) is 7.99. The second-order valence-electron chi connectivity index (χ2n) is 9.72. The van der Waals surface area contributed by atoms with Crippen LogP contribution in [0.2, 0.25) is 0 Å².